The van der Waals surface area contributed by atoms with Crippen molar-refractivity contribution >= 4 is 57.5 Å². The molecule has 0 unspecified atom stereocenters. The average Bonchev–Trinajstić information content (AvgIpc) is 2.76. The number of para-hydroxylation sites is 1. The molecule has 0 spiro atoms. The van der Waals surface area contributed by atoms with E-state index >= 15 is 0 Å². The first kappa shape index (κ1) is 22.3. The quantitative estimate of drug-likeness (QED) is 0.287. The Balaban J connectivity index is 1.68. The van der Waals surface area contributed by atoms with E-state index in [9.17, 15) is 18.4 Å². The fourth-order valence-corrected chi connectivity index (χ4v) is 4.17. The van der Waals surface area contributed by atoms with Gasteiger partial charge in [-0.1, -0.05) is 47.1 Å². The Bertz CT molecular complexity index is 1410. The lowest BCUT2D eigenvalue weighted by molar-refractivity contribution is -0.113. The molecule has 0 saturated heterocycles. The van der Waals surface area contributed by atoms with Gasteiger partial charge in [-0.15, -0.1) is 0 Å². The molecular weight excluding hydrogens is 479 g/mol. The lowest BCUT2D eigenvalue weighted by atomic mass is 10.2. The molecule has 32 heavy (non-hydrogen) atoms. The second kappa shape index (κ2) is 9.28. The Morgan fingerprint density at radius 1 is 1.03 bits per heavy atom. The zero-order valence-electron chi connectivity index (χ0n) is 16.1. The highest BCUT2D eigenvalue weighted by Crippen LogP contribution is 2.26. The Labute approximate surface area is 195 Å². The van der Waals surface area contributed by atoms with Crippen LogP contribution in [-0.4, -0.2) is 21.2 Å². The summed E-state index contributed by atoms with van der Waals surface area (Å²) in [5.74, 6) is -1.70. The van der Waals surface area contributed by atoms with Crippen molar-refractivity contribution in [3.63, 3.8) is 0 Å². The molecule has 3 aromatic carbocycles. The zero-order valence-corrected chi connectivity index (χ0v) is 18.4. The van der Waals surface area contributed by atoms with Gasteiger partial charge in [0, 0.05) is 0 Å². The van der Waals surface area contributed by atoms with E-state index < -0.39 is 17.5 Å². The maximum atomic E-state index is 13.7. The molecule has 1 amide bonds. The number of nitrogens with zero attached hydrogens (tertiary/aromatic N) is 2. The van der Waals surface area contributed by atoms with E-state index in [2.05, 4.69) is 10.3 Å². The van der Waals surface area contributed by atoms with Crippen LogP contribution in [-0.2, 0) is 4.79 Å². The van der Waals surface area contributed by atoms with Crippen molar-refractivity contribution in [2.75, 3.05) is 11.1 Å². The van der Waals surface area contributed by atoms with Gasteiger partial charge >= 0.3 is 0 Å². The van der Waals surface area contributed by atoms with Crippen LogP contribution in [0.3, 0.4) is 0 Å². The number of carbonyl (C=O) groups is 1. The number of hydrogen-bond acceptors (Lipinski definition) is 4. The largest absolute Gasteiger partial charge is 0.324 e. The molecule has 0 fully saturated rings. The monoisotopic (exact) mass is 491 g/mol. The molecule has 1 aromatic heterocycles. The van der Waals surface area contributed by atoms with E-state index in [1.54, 1.807) is 24.3 Å². The molecule has 4 aromatic rings. The lowest BCUT2D eigenvalue weighted by Gasteiger charge is -2.14. The van der Waals surface area contributed by atoms with Gasteiger partial charge in [0.25, 0.3) is 5.56 Å². The fraction of sp³-hybridized carbons (Fsp3) is 0.0455. The molecule has 1 heterocycles. The van der Waals surface area contributed by atoms with E-state index in [0.29, 0.717) is 16.6 Å². The number of fused-ring (bicyclic) bond motifs is 1. The van der Waals surface area contributed by atoms with Crippen molar-refractivity contribution in [3.8, 4) is 5.69 Å². The van der Waals surface area contributed by atoms with Gasteiger partial charge in [-0.25, -0.2) is 13.8 Å². The number of rotatable bonds is 5. The first-order chi connectivity index (χ1) is 15.3. The van der Waals surface area contributed by atoms with E-state index in [4.69, 9.17) is 23.2 Å². The Kier molecular flexibility index (Phi) is 6.45. The van der Waals surface area contributed by atoms with Gasteiger partial charge in [-0.2, -0.15) is 0 Å². The van der Waals surface area contributed by atoms with Crippen LogP contribution in [0.5, 0.6) is 0 Å². The number of aromatic nitrogens is 2. The predicted octanol–water partition coefficient (Wildman–Crippen LogP) is 5.70. The molecule has 0 radical (unpaired) electrons. The van der Waals surface area contributed by atoms with Gasteiger partial charge in [-0.05, 0) is 48.5 Å². The molecule has 162 valence electrons. The summed E-state index contributed by atoms with van der Waals surface area (Å²) in [7, 11) is 0. The van der Waals surface area contributed by atoms with E-state index in [-0.39, 0.29) is 32.2 Å². The van der Waals surface area contributed by atoms with Gasteiger partial charge in [0.1, 0.15) is 11.6 Å². The molecule has 4 rings (SSSR count). The third-order valence-electron chi connectivity index (χ3n) is 4.44. The van der Waals surface area contributed by atoms with Crippen molar-refractivity contribution in [3.05, 3.63) is 92.7 Å². The molecule has 0 aliphatic carbocycles. The third-order valence-corrected chi connectivity index (χ3v) is 5.98. The van der Waals surface area contributed by atoms with Crippen molar-refractivity contribution in [1.29, 1.82) is 0 Å². The topological polar surface area (TPSA) is 64.0 Å². The number of nitrogens with one attached hydrogen (secondary N) is 1. The van der Waals surface area contributed by atoms with Crippen LogP contribution in [0.1, 0.15) is 0 Å². The molecule has 5 nitrogen and oxygen atoms in total. The van der Waals surface area contributed by atoms with E-state index in [1.807, 2.05) is 0 Å². The Hall–Kier alpha value is -2.94. The molecule has 0 aliphatic rings. The summed E-state index contributed by atoms with van der Waals surface area (Å²) in [4.78, 5) is 30.1. The summed E-state index contributed by atoms with van der Waals surface area (Å²) in [6.45, 7) is 0. The standard InChI is InChI=1S/C22H13Cl2F2N3O2S/c23-15-10-13(6-7-17(15)26)29-21(31)14-3-1-2-4-18(14)28-22(29)32-11-20(30)27-19-8-5-12(25)9-16(19)24/h1-10H,11H2,(H,27,30). The zero-order chi connectivity index (χ0) is 22.8. The van der Waals surface area contributed by atoms with Crippen LogP contribution >= 0.6 is 35.0 Å². The molecular formula is C22H13Cl2F2N3O2S. The SMILES string of the molecule is O=C(CSc1nc2ccccc2c(=O)n1-c1ccc(F)c(Cl)c1)Nc1ccc(F)cc1Cl. The van der Waals surface area contributed by atoms with Crippen LogP contribution in [0.25, 0.3) is 16.6 Å². The van der Waals surface area contributed by atoms with E-state index in [0.717, 1.165) is 23.9 Å². The number of carbonyl (C=O) groups excluding carboxylic acids is 1. The second-order valence-electron chi connectivity index (χ2n) is 6.61. The van der Waals surface area contributed by atoms with Crippen molar-refractivity contribution in [2.45, 2.75) is 5.16 Å². The van der Waals surface area contributed by atoms with Crippen LogP contribution in [0.4, 0.5) is 14.5 Å². The molecule has 1 N–H and O–H groups in total. The van der Waals surface area contributed by atoms with Gasteiger partial charge in [0.15, 0.2) is 5.16 Å². The first-order valence-corrected chi connectivity index (χ1v) is 10.9. The molecule has 10 heteroatoms. The molecule has 0 atom stereocenters. The highest BCUT2D eigenvalue weighted by atomic mass is 35.5. The minimum absolute atomic E-state index is 0.0602. The molecule has 0 saturated carbocycles. The van der Waals surface area contributed by atoms with Gasteiger partial charge < -0.3 is 5.32 Å². The van der Waals surface area contributed by atoms with E-state index in [1.165, 1.54) is 28.8 Å². The van der Waals surface area contributed by atoms with Crippen LogP contribution < -0.4 is 10.9 Å². The average molecular weight is 492 g/mol. The number of amides is 1. The number of anilines is 1. The predicted molar refractivity (Wildman–Crippen MR) is 123 cm³/mol. The summed E-state index contributed by atoms with van der Waals surface area (Å²) >= 11 is 12.9. The first-order valence-electron chi connectivity index (χ1n) is 9.18. The van der Waals surface area contributed by atoms with Crippen LogP contribution in [0.15, 0.2) is 70.6 Å². The normalized spacial score (nSPS) is 11.0. The smallest absolute Gasteiger partial charge is 0.266 e. The van der Waals surface area contributed by atoms with Crippen molar-refractivity contribution < 1.29 is 13.6 Å². The third kappa shape index (κ3) is 4.62. The number of halogens is 4. The number of benzene rings is 3. The summed E-state index contributed by atoms with van der Waals surface area (Å²) in [5, 5.41) is 3.08. The number of thioether (sulfide) groups is 1. The molecule has 0 aliphatic heterocycles. The summed E-state index contributed by atoms with van der Waals surface area (Å²) in [6.07, 6.45) is 0. The number of hydrogen-bond donors (Lipinski definition) is 1. The summed E-state index contributed by atoms with van der Waals surface area (Å²) < 4.78 is 28.1. The highest BCUT2D eigenvalue weighted by Gasteiger charge is 2.16. The van der Waals surface area contributed by atoms with Gasteiger partial charge in [0.05, 0.1) is 38.1 Å². The van der Waals surface area contributed by atoms with Gasteiger partial charge in [-0.3, -0.25) is 14.2 Å². The highest BCUT2D eigenvalue weighted by molar-refractivity contribution is 7.99. The fourth-order valence-electron chi connectivity index (χ4n) is 2.97. The molecule has 0 bridgehead atoms. The maximum Gasteiger partial charge on any atom is 0.266 e. The van der Waals surface area contributed by atoms with Crippen LogP contribution in [0.2, 0.25) is 10.0 Å². The van der Waals surface area contributed by atoms with Crippen molar-refractivity contribution in [1.82, 2.24) is 9.55 Å². The maximum absolute atomic E-state index is 13.7. The lowest BCUT2D eigenvalue weighted by Crippen LogP contribution is -2.23. The summed E-state index contributed by atoms with van der Waals surface area (Å²) in [5.41, 5.74) is 0.631. The Morgan fingerprint density at radius 3 is 2.56 bits per heavy atom. The minimum Gasteiger partial charge on any atom is -0.324 e. The second-order valence-corrected chi connectivity index (χ2v) is 8.37. The van der Waals surface area contributed by atoms with Gasteiger partial charge in [0.2, 0.25) is 5.91 Å². The minimum atomic E-state index is -0.623. The Morgan fingerprint density at radius 2 is 1.81 bits per heavy atom. The van der Waals surface area contributed by atoms with Crippen LogP contribution in [0, 0.1) is 11.6 Å². The summed E-state index contributed by atoms with van der Waals surface area (Å²) in [6, 6.07) is 14.2. The van der Waals surface area contributed by atoms with Crippen molar-refractivity contribution in [2.24, 2.45) is 0 Å².